The molecule has 7 heteroatoms. The lowest BCUT2D eigenvalue weighted by atomic mass is 10.2. The van der Waals surface area contributed by atoms with E-state index < -0.39 is 5.97 Å². The number of ether oxygens (including phenoxy) is 1. The largest absolute Gasteiger partial charge is 0.480 e. The summed E-state index contributed by atoms with van der Waals surface area (Å²) in [6.07, 6.45) is 3.49. The fourth-order valence-electron chi connectivity index (χ4n) is 1.69. The van der Waals surface area contributed by atoms with Gasteiger partial charge in [-0.2, -0.15) is 5.10 Å². The summed E-state index contributed by atoms with van der Waals surface area (Å²) in [4.78, 5) is 22.1. The number of nitrogens with zero attached hydrogens (tertiary/aromatic N) is 2. The number of hydrogen-bond acceptors (Lipinski definition) is 4. The van der Waals surface area contributed by atoms with Crippen LogP contribution >= 0.6 is 0 Å². The lowest BCUT2D eigenvalue weighted by Crippen LogP contribution is -2.27. The van der Waals surface area contributed by atoms with Crippen LogP contribution in [0.3, 0.4) is 0 Å². The number of aromatic nitrogens is 2. The summed E-state index contributed by atoms with van der Waals surface area (Å²) in [5.41, 5.74) is 1.38. The van der Waals surface area contributed by atoms with Gasteiger partial charge in [0.15, 0.2) is 0 Å². The molecule has 1 aromatic heterocycles. The molecular weight excluding hydrogens is 274 g/mol. The second-order valence-corrected chi connectivity index (χ2v) is 4.20. The number of carbonyl (C=O) groups excluding carboxylic acids is 1. The van der Waals surface area contributed by atoms with Crippen LogP contribution in [0.15, 0.2) is 42.7 Å². The molecule has 0 fully saturated rings. The molecule has 21 heavy (non-hydrogen) atoms. The topological polar surface area (TPSA) is 93.5 Å². The zero-order chi connectivity index (χ0) is 15.1. The minimum Gasteiger partial charge on any atom is -0.480 e. The monoisotopic (exact) mass is 289 g/mol. The van der Waals surface area contributed by atoms with Crippen molar-refractivity contribution in [3.8, 4) is 5.69 Å². The normalized spacial score (nSPS) is 10.3. The Bertz CT molecular complexity index is 593. The SMILES string of the molecule is O=C(O)COCCNC(=O)c1ccc(-n2cccn2)cc1. The van der Waals surface area contributed by atoms with Gasteiger partial charge in [-0.1, -0.05) is 0 Å². The highest BCUT2D eigenvalue weighted by Gasteiger charge is 2.05. The third kappa shape index (κ3) is 4.43. The lowest BCUT2D eigenvalue weighted by molar-refractivity contribution is -0.142. The standard InChI is InChI=1S/C14H15N3O4/c18-13(19)10-21-9-7-15-14(20)11-2-4-12(5-3-11)17-8-1-6-16-17/h1-6,8H,7,9-10H2,(H,15,20)(H,18,19). The van der Waals surface area contributed by atoms with Gasteiger partial charge in [0, 0.05) is 24.5 Å². The van der Waals surface area contributed by atoms with E-state index in [0.717, 1.165) is 5.69 Å². The molecule has 1 amide bonds. The Balaban J connectivity index is 1.81. The number of nitrogens with one attached hydrogen (secondary N) is 1. The fourth-order valence-corrected chi connectivity index (χ4v) is 1.69. The molecule has 7 nitrogen and oxygen atoms in total. The van der Waals surface area contributed by atoms with Gasteiger partial charge < -0.3 is 15.2 Å². The van der Waals surface area contributed by atoms with E-state index in [-0.39, 0.29) is 25.7 Å². The number of benzene rings is 1. The molecule has 0 atom stereocenters. The number of amides is 1. The van der Waals surface area contributed by atoms with Crippen LogP contribution in [-0.4, -0.2) is 46.5 Å². The van der Waals surface area contributed by atoms with Gasteiger partial charge in [-0.25, -0.2) is 9.48 Å². The number of hydrogen-bond donors (Lipinski definition) is 2. The Hall–Kier alpha value is -2.67. The Morgan fingerprint density at radius 1 is 1.29 bits per heavy atom. The summed E-state index contributed by atoms with van der Waals surface area (Å²) in [5.74, 6) is -1.27. The van der Waals surface area contributed by atoms with Crippen LogP contribution in [0.2, 0.25) is 0 Å². The first-order valence-electron chi connectivity index (χ1n) is 6.34. The molecule has 1 aromatic carbocycles. The minimum atomic E-state index is -1.03. The van der Waals surface area contributed by atoms with Gasteiger partial charge >= 0.3 is 5.97 Å². The first-order valence-corrected chi connectivity index (χ1v) is 6.34. The number of carboxylic acids is 1. The second-order valence-electron chi connectivity index (χ2n) is 4.20. The molecule has 0 radical (unpaired) electrons. The van der Waals surface area contributed by atoms with Gasteiger partial charge in [0.1, 0.15) is 6.61 Å². The summed E-state index contributed by atoms with van der Waals surface area (Å²) >= 11 is 0. The fraction of sp³-hybridized carbons (Fsp3) is 0.214. The molecule has 1 heterocycles. The summed E-state index contributed by atoms with van der Waals surface area (Å²) in [5, 5.41) is 15.1. The summed E-state index contributed by atoms with van der Waals surface area (Å²) in [6, 6.07) is 8.80. The number of carbonyl (C=O) groups is 2. The van der Waals surface area contributed by atoms with Gasteiger partial charge in [0.2, 0.25) is 0 Å². The van der Waals surface area contributed by atoms with Crippen molar-refractivity contribution in [2.24, 2.45) is 0 Å². The van der Waals surface area contributed by atoms with E-state index in [1.807, 2.05) is 12.3 Å². The quantitative estimate of drug-likeness (QED) is 0.732. The van der Waals surface area contributed by atoms with Crippen LogP contribution in [0.4, 0.5) is 0 Å². The average Bonchev–Trinajstić information content (AvgIpc) is 3.01. The second kappa shape index (κ2) is 7.20. The molecular formula is C14H15N3O4. The molecule has 0 bridgehead atoms. The van der Waals surface area contributed by atoms with Crippen molar-refractivity contribution in [1.29, 1.82) is 0 Å². The molecule has 2 rings (SSSR count). The molecule has 0 aliphatic heterocycles. The number of rotatable bonds is 7. The van der Waals surface area contributed by atoms with Gasteiger partial charge in [0.05, 0.1) is 12.3 Å². The van der Waals surface area contributed by atoms with Crippen LogP contribution in [0.25, 0.3) is 5.69 Å². The number of aliphatic carboxylic acids is 1. The predicted molar refractivity (Wildman–Crippen MR) is 74.4 cm³/mol. The molecule has 2 N–H and O–H groups in total. The van der Waals surface area contributed by atoms with E-state index in [2.05, 4.69) is 10.4 Å². The van der Waals surface area contributed by atoms with Crippen molar-refractivity contribution < 1.29 is 19.4 Å². The van der Waals surface area contributed by atoms with Crippen LogP contribution < -0.4 is 5.32 Å². The molecule has 0 aliphatic rings. The van der Waals surface area contributed by atoms with Crippen molar-refractivity contribution in [3.63, 3.8) is 0 Å². The summed E-state index contributed by atoms with van der Waals surface area (Å²) < 4.78 is 6.52. The van der Waals surface area contributed by atoms with Gasteiger partial charge in [-0.15, -0.1) is 0 Å². The Labute approximate surface area is 121 Å². The third-order valence-corrected chi connectivity index (χ3v) is 2.66. The van der Waals surface area contributed by atoms with Crippen LogP contribution in [0.5, 0.6) is 0 Å². The summed E-state index contributed by atoms with van der Waals surface area (Å²) in [7, 11) is 0. The van der Waals surface area contributed by atoms with Crippen molar-refractivity contribution in [2.75, 3.05) is 19.8 Å². The van der Waals surface area contributed by atoms with Crippen molar-refractivity contribution in [2.45, 2.75) is 0 Å². The Morgan fingerprint density at radius 2 is 2.05 bits per heavy atom. The van der Waals surface area contributed by atoms with E-state index in [0.29, 0.717) is 5.56 Å². The van der Waals surface area contributed by atoms with Crippen molar-refractivity contribution in [1.82, 2.24) is 15.1 Å². The molecule has 0 spiro atoms. The zero-order valence-electron chi connectivity index (χ0n) is 11.2. The van der Waals surface area contributed by atoms with Crippen molar-refractivity contribution >= 4 is 11.9 Å². The highest BCUT2D eigenvalue weighted by molar-refractivity contribution is 5.94. The van der Waals surface area contributed by atoms with E-state index in [1.165, 1.54) is 0 Å². The van der Waals surface area contributed by atoms with Crippen LogP contribution in [-0.2, 0) is 9.53 Å². The van der Waals surface area contributed by atoms with Crippen molar-refractivity contribution in [3.05, 3.63) is 48.3 Å². The molecule has 0 unspecified atom stereocenters. The maximum Gasteiger partial charge on any atom is 0.329 e. The maximum absolute atomic E-state index is 11.8. The summed E-state index contributed by atoms with van der Waals surface area (Å²) in [6.45, 7) is 0.0465. The predicted octanol–water partition coefficient (Wildman–Crippen LogP) is 0.703. The molecule has 110 valence electrons. The lowest BCUT2D eigenvalue weighted by Gasteiger charge is -2.06. The molecule has 2 aromatic rings. The first kappa shape index (κ1) is 14.7. The van der Waals surface area contributed by atoms with E-state index in [4.69, 9.17) is 9.84 Å². The zero-order valence-corrected chi connectivity index (χ0v) is 11.2. The molecule has 0 saturated heterocycles. The van der Waals surface area contributed by atoms with Gasteiger partial charge in [-0.3, -0.25) is 4.79 Å². The number of carboxylic acid groups (broad SMARTS) is 1. The smallest absolute Gasteiger partial charge is 0.329 e. The molecule has 0 aliphatic carbocycles. The minimum absolute atomic E-state index is 0.156. The Morgan fingerprint density at radius 3 is 2.67 bits per heavy atom. The average molecular weight is 289 g/mol. The molecule has 0 saturated carbocycles. The van der Waals surface area contributed by atoms with Crippen LogP contribution in [0.1, 0.15) is 10.4 Å². The first-order chi connectivity index (χ1) is 10.2. The van der Waals surface area contributed by atoms with Crippen LogP contribution in [0, 0.1) is 0 Å². The highest BCUT2D eigenvalue weighted by Crippen LogP contribution is 2.08. The maximum atomic E-state index is 11.8. The van der Waals surface area contributed by atoms with E-state index >= 15 is 0 Å². The van der Waals surface area contributed by atoms with E-state index in [9.17, 15) is 9.59 Å². The van der Waals surface area contributed by atoms with E-state index in [1.54, 1.807) is 35.1 Å². The van der Waals surface area contributed by atoms with Gasteiger partial charge in [-0.05, 0) is 30.3 Å². The van der Waals surface area contributed by atoms with Gasteiger partial charge in [0.25, 0.3) is 5.91 Å². The Kier molecular flexibility index (Phi) is 5.05. The highest BCUT2D eigenvalue weighted by atomic mass is 16.5. The third-order valence-electron chi connectivity index (χ3n) is 2.66.